The van der Waals surface area contributed by atoms with Gasteiger partial charge in [-0.2, -0.15) is 0 Å². The van der Waals surface area contributed by atoms with Crippen molar-refractivity contribution in [3.63, 3.8) is 0 Å². The van der Waals surface area contributed by atoms with Crippen molar-refractivity contribution in [1.82, 2.24) is 4.90 Å². The van der Waals surface area contributed by atoms with Crippen LogP contribution in [0.5, 0.6) is 5.75 Å². The van der Waals surface area contributed by atoms with Crippen LogP contribution < -0.4 is 0 Å². The molecule has 2 nitrogen and oxygen atoms in total. The Bertz CT molecular complexity index is 530. The SMILES string of the molecule is CC(C)N(C(C)C)C(C)Cc1cc(C(C)(C)C)c(O)c(C(C)(C)C)c1. The van der Waals surface area contributed by atoms with Crippen molar-refractivity contribution in [3.8, 4) is 5.75 Å². The van der Waals surface area contributed by atoms with Crippen molar-refractivity contribution < 1.29 is 5.11 Å². The van der Waals surface area contributed by atoms with Crippen LogP contribution >= 0.6 is 0 Å². The molecule has 144 valence electrons. The van der Waals surface area contributed by atoms with E-state index in [0.717, 1.165) is 17.5 Å². The summed E-state index contributed by atoms with van der Waals surface area (Å²) in [5.41, 5.74) is 3.30. The lowest BCUT2D eigenvalue weighted by Crippen LogP contribution is -2.44. The quantitative estimate of drug-likeness (QED) is 0.702. The van der Waals surface area contributed by atoms with Crippen LogP contribution in [0.3, 0.4) is 0 Å². The van der Waals surface area contributed by atoms with Crippen molar-refractivity contribution in [3.05, 3.63) is 28.8 Å². The van der Waals surface area contributed by atoms with E-state index in [-0.39, 0.29) is 10.8 Å². The van der Waals surface area contributed by atoms with Gasteiger partial charge in [0.1, 0.15) is 5.75 Å². The summed E-state index contributed by atoms with van der Waals surface area (Å²) in [4.78, 5) is 2.57. The fraction of sp³-hybridized carbons (Fsp3) is 0.739. The van der Waals surface area contributed by atoms with Crippen molar-refractivity contribution in [1.29, 1.82) is 0 Å². The summed E-state index contributed by atoms with van der Waals surface area (Å²) >= 11 is 0. The lowest BCUT2D eigenvalue weighted by molar-refractivity contribution is 0.122. The molecule has 0 bridgehead atoms. The summed E-state index contributed by atoms with van der Waals surface area (Å²) in [6.07, 6.45) is 1.00. The highest BCUT2D eigenvalue weighted by Crippen LogP contribution is 2.40. The second-order valence-electron chi connectivity index (χ2n) is 10.2. The van der Waals surface area contributed by atoms with Gasteiger partial charge in [0.05, 0.1) is 0 Å². The molecule has 0 fully saturated rings. The number of rotatable bonds is 5. The molecule has 0 spiro atoms. The second-order valence-corrected chi connectivity index (χ2v) is 10.2. The minimum absolute atomic E-state index is 0.0703. The summed E-state index contributed by atoms with van der Waals surface area (Å²) in [7, 11) is 0. The van der Waals surface area contributed by atoms with Crippen LogP contribution in [0.1, 0.15) is 92.9 Å². The van der Waals surface area contributed by atoms with E-state index >= 15 is 0 Å². The molecule has 0 aromatic heterocycles. The van der Waals surface area contributed by atoms with Crippen LogP contribution in [0.4, 0.5) is 0 Å². The van der Waals surface area contributed by atoms with Crippen molar-refractivity contribution in [2.24, 2.45) is 0 Å². The molecule has 1 atom stereocenters. The monoisotopic (exact) mass is 347 g/mol. The number of phenolic OH excluding ortho intramolecular Hbond substituents is 1. The lowest BCUT2D eigenvalue weighted by Gasteiger charge is -2.37. The van der Waals surface area contributed by atoms with E-state index < -0.39 is 0 Å². The average molecular weight is 348 g/mol. The predicted octanol–water partition coefficient (Wildman–Crippen LogP) is 6.04. The van der Waals surface area contributed by atoms with Gasteiger partial charge >= 0.3 is 0 Å². The molecular weight excluding hydrogens is 306 g/mol. The summed E-state index contributed by atoms with van der Waals surface area (Å²) < 4.78 is 0. The predicted molar refractivity (Wildman–Crippen MR) is 111 cm³/mol. The van der Waals surface area contributed by atoms with Crippen molar-refractivity contribution in [2.45, 2.75) is 112 Å². The van der Waals surface area contributed by atoms with Gasteiger partial charge in [-0.15, -0.1) is 0 Å². The van der Waals surface area contributed by atoms with Crippen molar-refractivity contribution >= 4 is 0 Å². The van der Waals surface area contributed by atoms with Crippen LogP contribution in [0.25, 0.3) is 0 Å². The first-order chi connectivity index (χ1) is 11.2. The van der Waals surface area contributed by atoms with E-state index in [1.54, 1.807) is 0 Å². The third kappa shape index (κ3) is 5.48. The molecule has 1 aromatic carbocycles. The maximum absolute atomic E-state index is 10.9. The summed E-state index contributed by atoms with van der Waals surface area (Å²) in [5.74, 6) is 0.473. The van der Waals surface area contributed by atoms with E-state index in [9.17, 15) is 5.11 Å². The fourth-order valence-corrected chi connectivity index (χ4v) is 4.02. The summed E-state index contributed by atoms with van der Waals surface area (Å²) in [5, 5.41) is 10.9. The highest BCUT2D eigenvalue weighted by atomic mass is 16.3. The minimum atomic E-state index is -0.0703. The molecule has 2 heteroatoms. The van der Waals surface area contributed by atoms with Gasteiger partial charge in [0.2, 0.25) is 0 Å². The van der Waals surface area contributed by atoms with Gasteiger partial charge in [-0.05, 0) is 68.6 Å². The molecule has 0 aliphatic carbocycles. The van der Waals surface area contributed by atoms with E-state index in [1.165, 1.54) is 5.56 Å². The Kier molecular flexibility index (Phi) is 6.78. The second kappa shape index (κ2) is 7.70. The number of benzene rings is 1. The molecule has 1 N–H and O–H groups in total. The molecule has 0 saturated carbocycles. The first-order valence-corrected chi connectivity index (χ1v) is 9.80. The van der Waals surface area contributed by atoms with E-state index in [1.807, 2.05) is 0 Å². The maximum Gasteiger partial charge on any atom is 0.123 e. The topological polar surface area (TPSA) is 23.5 Å². The Morgan fingerprint density at radius 1 is 0.800 bits per heavy atom. The molecule has 0 aliphatic rings. The fourth-order valence-electron chi connectivity index (χ4n) is 4.02. The normalized spacial score (nSPS) is 14.6. The van der Waals surface area contributed by atoms with Crippen LogP contribution in [-0.2, 0) is 17.3 Å². The Morgan fingerprint density at radius 2 is 1.16 bits per heavy atom. The molecule has 0 heterocycles. The summed E-state index contributed by atoms with van der Waals surface area (Å²) in [6.45, 7) is 24.5. The average Bonchev–Trinajstić information content (AvgIpc) is 2.36. The van der Waals surface area contributed by atoms with Crippen LogP contribution in [0.2, 0.25) is 0 Å². The minimum Gasteiger partial charge on any atom is -0.507 e. The van der Waals surface area contributed by atoms with Gasteiger partial charge in [-0.25, -0.2) is 0 Å². The zero-order chi connectivity index (χ0) is 19.7. The van der Waals surface area contributed by atoms with Crippen LogP contribution in [-0.4, -0.2) is 28.1 Å². The number of hydrogen-bond acceptors (Lipinski definition) is 2. The largest absolute Gasteiger partial charge is 0.507 e. The first-order valence-electron chi connectivity index (χ1n) is 9.80. The maximum atomic E-state index is 10.9. The molecule has 1 unspecified atom stereocenters. The van der Waals surface area contributed by atoms with Gasteiger partial charge < -0.3 is 5.11 Å². The highest BCUT2D eigenvalue weighted by molar-refractivity contribution is 5.50. The van der Waals surface area contributed by atoms with Gasteiger partial charge in [-0.3, -0.25) is 4.90 Å². The Balaban J connectivity index is 3.37. The van der Waals surface area contributed by atoms with Gasteiger partial charge in [0.15, 0.2) is 0 Å². The molecule has 25 heavy (non-hydrogen) atoms. The highest BCUT2D eigenvalue weighted by Gasteiger charge is 2.28. The standard InChI is InChI=1S/C23H41NO/c1-15(2)24(16(3)4)17(5)12-18-13-19(22(6,7)8)21(25)20(14-18)23(9,10)11/h13-17,25H,12H2,1-11H3. The number of hydrogen-bond donors (Lipinski definition) is 1. The van der Waals surface area contributed by atoms with Gasteiger partial charge in [0, 0.05) is 18.1 Å². The zero-order valence-electron chi connectivity index (χ0n) is 18.5. The number of phenols is 1. The Hall–Kier alpha value is -1.02. The van der Waals surface area contributed by atoms with E-state index in [2.05, 4.69) is 93.2 Å². The summed E-state index contributed by atoms with van der Waals surface area (Å²) in [6, 6.07) is 5.96. The lowest BCUT2D eigenvalue weighted by atomic mass is 9.78. The third-order valence-corrected chi connectivity index (χ3v) is 5.02. The number of nitrogens with zero attached hydrogens (tertiary/aromatic N) is 1. The van der Waals surface area contributed by atoms with Crippen LogP contribution in [0.15, 0.2) is 12.1 Å². The first kappa shape index (κ1) is 22.0. The molecule has 0 amide bonds. The molecule has 0 saturated heterocycles. The van der Waals surface area contributed by atoms with Crippen molar-refractivity contribution in [2.75, 3.05) is 0 Å². The molecule has 0 radical (unpaired) electrons. The molecule has 0 aliphatic heterocycles. The van der Waals surface area contributed by atoms with E-state index in [0.29, 0.717) is 23.9 Å². The molecular formula is C23H41NO. The number of aromatic hydroxyl groups is 1. The Morgan fingerprint density at radius 3 is 1.44 bits per heavy atom. The zero-order valence-corrected chi connectivity index (χ0v) is 18.5. The molecule has 1 aromatic rings. The molecule has 1 rings (SSSR count). The third-order valence-electron chi connectivity index (χ3n) is 5.02. The van der Waals surface area contributed by atoms with E-state index in [4.69, 9.17) is 0 Å². The Labute approximate surface area is 156 Å². The smallest absolute Gasteiger partial charge is 0.123 e. The van der Waals surface area contributed by atoms with Gasteiger partial charge in [0.25, 0.3) is 0 Å². The van der Waals surface area contributed by atoms with Crippen LogP contribution in [0, 0.1) is 0 Å². The van der Waals surface area contributed by atoms with Gasteiger partial charge in [-0.1, -0.05) is 53.7 Å².